The van der Waals surface area contributed by atoms with Gasteiger partial charge in [-0.25, -0.2) is 4.68 Å². The molecule has 0 aliphatic carbocycles. The van der Waals surface area contributed by atoms with Gasteiger partial charge in [0, 0.05) is 16.3 Å². The molecule has 0 amide bonds. The summed E-state index contributed by atoms with van der Waals surface area (Å²) in [5.74, 6) is 1.73. The number of nitrogens with zero attached hydrogens (tertiary/aromatic N) is 3. The third kappa shape index (κ3) is 3.62. The second-order valence-corrected chi connectivity index (χ2v) is 7.59. The number of aromatic hydroxyl groups is 1. The van der Waals surface area contributed by atoms with Gasteiger partial charge in [-0.05, 0) is 41.5 Å². The summed E-state index contributed by atoms with van der Waals surface area (Å²) in [6, 6.07) is 22.5. The summed E-state index contributed by atoms with van der Waals surface area (Å²) in [5, 5.41) is 19.2. The van der Waals surface area contributed by atoms with Crippen molar-refractivity contribution in [2.24, 2.45) is 0 Å². The molecule has 1 atom stereocenters. The third-order valence-corrected chi connectivity index (χ3v) is 5.45. The molecule has 1 aromatic heterocycles. The summed E-state index contributed by atoms with van der Waals surface area (Å²) in [4.78, 5) is 4.73. The average Bonchev–Trinajstić information content (AvgIpc) is 3.24. The van der Waals surface area contributed by atoms with Crippen LogP contribution in [0.5, 0.6) is 11.5 Å². The van der Waals surface area contributed by atoms with E-state index in [1.807, 2.05) is 65.3 Å². The lowest BCUT2D eigenvalue weighted by molar-refractivity contribution is 0.372. The van der Waals surface area contributed by atoms with Crippen LogP contribution in [0.4, 0.5) is 5.95 Å². The molecule has 0 saturated carbocycles. The Morgan fingerprint density at radius 3 is 2.48 bits per heavy atom. The van der Waals surface area contributed by atoms with Gasteiger partial charge in [-0.15, -0.1) is 5.10 Å². The third-order valence-electron chi connectivity index (χ3n) is 5.20. The SMILES string of the molecule is COc1ccc([C@@H]2C=C(c3ccc(Cl)cc3)Nc3nc(-c4ccccc4)nn32)cc1O. The molecular weight excluding hydrogens is 412 g/mol. The number of methoxy groups -OCH3 is 1. The van der Waals surface area contributed by atoms with Gasteiger partial charge in [0.15, 0.2) is 17.3 Å². The van der Waals surface area contributed by atoms with Crippen molar-refractivity contribution in [2.45, 2.75) is 6.04 Å². The molecule has 31 heavy (non-hydrogen) atoms. The fourth-order valence-corrected chi connectivity index (χ4v) is 3.75. The molecule has 2 heterocycles. The Morgan fingerprint density at radius 1 is 1.00 bits per heavy atom. The van der Waals surface area contributed by atoms with E-state index in [4.69, 9.17) is 26.4 Å². The Morgan fingerprint density at radius 2 is 1.77 bits per heavy atom. The zero-order valence-electron chi connectivity index (χ0n) is 16.7. The number of aromatic nitrogens is 3. The van der Waals surface area contributed by atoms with E-state index in [9.17, 15) is 5.11 Å². The molecule has 0 saturated heterocycles. The van der Waals surface area contributed by atoms with Gasteiger partial charge in [-0.1, -0.05) is 60.1 Å². The van der Waals surface area contributed by atoms with Crippen molar-refractivity contribution in [2.75, 3.05) is 12.4 Å². The lowest BCUT2D eigenvalue weighted by Crippen LogP contribution is -2.20. The Bertz CT molecular complexity index is 1270. The van der Waals surface area contributed by atoms with Gasteiger partial charge >= 0.3 is 0 Å². The van der Waals surface area contributed by atoms with Crippen molar-refractivity contribution >= 4 is 23.2 Å². The fraction of sp³-hybridized carbons (Fsp3) is 0.0833. The summed E-state index contributed by atoms with van der Waals surface area (Å²) in [6.45, 7) is 0. The summed E-state index contributed by atoms with van der Waals surface area (Å²) in [7, 11) is 1.53. The van der Waals surface area contributed by atoms with Crippen molar-refractivity contribution in [3.05, 3.63) is 95.0 Å². The van der Waals surface area contributed by atoms with Gasteiger partial charge in [-0.2, -0.15) is 4.98 Å². The number of phenolic OH excluding ortho intramolecular Hbond substituents is 1. The summed E-state index contributed by atoms with van der Waals surface area (Å²) in [5.41, 5.74) is 3.65. The van der Waals surface area contributed by atoms with Crippen molar-refractivity contribution in [1.82, 2.24) is 14.8 Å². The number of allylic oxidation sites excluding steroid dienone is 1. The maximum atomic E-state index is 10.3. The second kappa shape index (κ2) is 7.81. The van der Waals surface area contributed by atoms with Crippen LogP contribution in [-0.4, -0.2) is 27.0 Å². The van der Waals surface area contributed by atoms with E-state index in [0.717, 1.165) is 22.4 Å². The van der Waals surface area contributed by atoms with Gasteiger partial charge in [0.05, 0.1) is 7.11 Å². The molecular formula is C24H19ClN4O2. The quantitative estimate of drug-likeness (QED) is 0.455. The average molecular weight is 431 g/mol. The van der Waals surface area contributed by atoms with Gasteiger partial charge < -0.3 is 15.2 Å². The van der Waals surface area contributed by atoms with E-state index in [1.165, 1.54) is 7.11 Å². The van der Waals surface area contributed by atoms with Crippen LogP contribution in [0.1, 0.15) is 17.2 Å². The largest absolute Gasteiger partial charge is 0.504 e. The smallest absolute Gasteiger partial charge is 0.227 e. The number of nitrogens with one attached hydrogen (secondary N) is 1. The maximum Gasteiger partial charge on any atom is 0.227 e. The summed E-state index contributed by atoms with van der Waals surface area (Å²) in [6.07, 6.45) is 2.06. The molecule has 0 radical (unpaired) electrons. The van der Waals surface area contributed by atoms with Crippen LogP contribution in [-0.2, 0) is 0 Å². The van der Waals surface area contributed by atoms with E-state index in [2.05, 4.69) is 11.4 Å². The molecule has 3 aromatic carbocycles. The first-order chi connectivity index (χ1) is 15.1. The summed E-state index contributed by atoms with van der Waals surface area (Å²) >= 11 is 6.07. The molecule has 7 heteroatoms. The fourth-order valence-electron chi connectivity index (χ4n) is 3.63. The molecule has 1 aliphatic rings. The zero-order valence-corrected chi connectivity index (χ0v) is 17.4. The predicted octanol–water partition coefficient (Wildman–Crippen LogP) is 5.37. The summed E-state index contributed by atoms with van der Waals surface area (Å²) < 4.78 is 7.02. The zero-order chi connectivity index (χ0) is 21.4. The van der Waals surface area contributed by atoms with Gasteiger partial charge in [0.1, 0.15) is 6.04 Å². The molecule has 5 rings (SSSR count). The molecule has 4 aromatic rings. The number of ether oxygens (including phenoxy) is 1. The molecule has 0 unspecified atom stereocenters. The molecule has 154 valence electrons. The first kappa shape index (κ1) is 19.2. The Balaban J connectivity index is 1.63. The first-order valence-corrected chi connectivity index (χ1v) is 10.1. The van der Waals surface area contributed by atoms with Crippen LogP contribution in [0.3, 0.4) is 0 Å². The number of fused-ring (bicyclic) bond motifs is 1. The highest BCUT2D eigenvalue weighted by molar-refractivity contribution is 6.30. The number of hydrogen-bond donors (Lipinski definition) is 2. The highest BCUT2D eigenvalue weighted by Crippen LogP contribution is 2.37. The number of hydrogen-bond acceptors (Lipinski definition) is 5. The van der Waals surface area contributed by atoms with Gasteiger partial charge in [-0.3, -0.25) is 0 Å². The van der Waals surface area contributed by atoms with Crippen LogP contribution in [0.2, 0.25) is 5.02 Å². The highest BCUT2D eigenvalue weighted by Gasteiger charge is 2.26. The number of anilines is 1. The van der Waals surface area contributed by atoms with Gasteiger partial charge in [0.25, 0.3) is 0 Å². The number of phenols is 1. The monoisotopic (exact) mass is 430 g/mol. The molecule has 6 nitrogen and oxygen atoms in total. The topological polar surface area (TPSA) is 72.2 Å². The number of rotatable bonds is 4. The molecule has 1 aliphatic heterocycles. The minimum Gasteiger partial charge on any atom is -0.504 e. The van der Waals surface area contributed by atoms with E-state index in [-0.39, 0.29) is 11.8 Å². The van der Waals surface area contributed by atoms with Crippen LogP contribution in [0, 0.1) is 0 Å². The first-order valence-electron chi connectivity index (χ1n) is 9.76. The van der Waals surface area contributed by atoms with Gasteiger partial charge in [0.2, 0.25) is 5.95 Å². The minimum absolute atomic E-state index is 0.0740. The normalized spacial score (nSPS) is 15.0. The van der Waals surface area contributed by atoms with E-state index < -0.39 is 0 Å². The Kier molecular flexibility index (Phi) is 4.84. The van der Waals surface area contributed by atoms with E-state index in [0.29, 0.717) is 22.5 Å². The highest BCUT2D eigenvalue weighted by atomic mass is 35.5. The van der Waals surface area contributed by atoms with Crippen molar-refractivity contribution in [1.29, 1.82) is 0 Å². The molecule has 0 spiro atoms. The van der Waals surface area contributed by atoms with Crippen molar-refractivity contribution < 1.29 is 9.84 Å². The number of halogens is 1. The number of benzene rings is 3. The molecule has 0 bridgehead atoms. The molecule has 2 N–H and O–H groups in total. The van der Waals surface area contributed by atoms with E-state index in [1.54, 1.807) is 12.1 Å². The lowest BCUT2D eigenvalue weighted by Gasteiger charge is -2.24. The van der Waals surface area contributed by atoms with Crippen LogP contribution >= 0.6 is 11.6 Å². The maximum absolute atomic E-state index is 10.3. The second-order valence-electron chi connectivity index (χ2n) is 7.16. The van der Waals surface area contributed by atoms with Crippen molar-refractivity contribution in [3.63, 3.8) is 0 Å². The minimum atomic E-state index is -0.274. The lowest BCUT2D eigenvalue weighted by atomic mass is 10.0. The Labute approximate surface area is 184 Å². The van der Waals surface area contributed by atoms with Crippen molar-refractivity contribution in [3.8, 4) is 22.9 Å². The Hall–Kier alpha value is -3.77. The predicted molar refractivity (Wildman–Crippen MR) is 121 cm³/mol. The van der Waals surface area contributed by atoms with Crippen LogP contribution in [0.15, 0.2) is 78.9 Å². The van der Waals surface area contributed by atoms with Crippen LogP contribution in [0.25, 0.3) is 17.1 Å². The van der Waals surface area contributed by atoms with E-state index >= 15 is 0 Å². The molecule has 0 fully saturated rings. The standard InChI is InChI=1S/C24H19ClN4O2/c1-31-22-12-9-17(13-21(22)30)20-14-19(15-7-10-18(25)11-8-15)26-24-27-23(28-29(20)24)16-5-3-2-4-6-16/h2-14,20,30H,1H3,(H,26,27,28)/t20-/m0/s1. The van der Waals surface area contributed by atoms with Crippen LogP contribution < -0.4 is 10.1 Å².